The summed E-state index contributed by atoms with van der Waals surface area (Å²) < 4.78 is 2.69. The molecule has 0 aliphatic heterocycles. The molecule has 106 valence electrons. The second-order valence-corrected chi connectivity index (χ2v) is 5.77. The fourth-order valence-electron chi connectivity index (χ4n) is 1.78. The summed E-state index contributed by atoms with van der Waals surface area (Å²) in [4.78, 5) is 11.9. The van der Waals surface area contributed by atoms with Gasteiger partial charge in [-0.1, -0.05) is 33.6 Å². The Morgan fingerprint density at radius 2 is 2.30 bits per heavy atom. The van der Waals surface area contributed by atoms with E-state index in [1.807, 2.05) is 19.1 Å². The van der Waals surface area contributed by atoms with E-state index in [-0.39, 0.29) is 5.91 Å². The van der Waals surface area contributed by atoms with E-state index in [1.165, 1.54) is 0 Å². The highest BCUT2D eigenvalue weighted by molar-refractivity contribution is 9.10. The van der Waals surface area contributed by atoms with E-state index in [4.69, 9.17) is 11.6 Å². The number of benzene rings is 1. The van der Waals surface area contributed by atoms with E-state index < -0.39 is 0 Å². The zero-order valence-corrected chi connectivity index (χ0v) is 13.4. The van der Waals surface area contributed by atoms with Crippen LogP contribution in [-0.2, 0) is 6.54 Å². The number of hydrogen-bond acceptors (Lipinski definition) is 2. The third-order valence-electron chi connectivity index (χ3n) is 2.82. The van der Waals surface area contributed by atoms with Gasteiger partial charge in [-0.2, -0.15) is 5.10 Å². The van der Waals surface area contributed by atoms with Gasteiger partial charge in [0, 0.05) is 29.3 Å². The van der Waals surface area contributed by atoms with Crippen LogP contribution < -0.4 is 5.32 Å². The molecule has 0 spiro atoms. The van der Waals surface area contributed by atoms with Crippen LogP contribution in [0.1, 0.15) is 22.5 Å². The van der Waals surface area contributed by atoms with Gasteiger partial charge in [-0.3, -0.25) is 9.48 Å². The van der Waals surface area contributed by atoms with Gasteiger partial charge in [-0.25, -0.2) is 0 Å². The highest BCUT2D eigenvalue weighted by Gasteiger charge is 2.05. The van der Waals surface area contributed by atoms with E-state index in [0.717, 1.165) is 23.1 Å². The Morgan fingerprint density at radius 1 is 1.50 bits per heavy atom. The Hall–Kier alpha value is -1.33. The number of aromatic nitrogens is 2. The number of nitrogens with one attached hydrogen (secondary N) is 1. The van der Waals surface area contributed by atoms with Gasteiger partial charge in [0.2, 0.25) is 0 Å². The average Bonchev–Trinajstić information content (AvgIpc) is 2.73. The first-order valence-electron chi connectivity index (χ1n) is 6.29. The lowest BCUT2D eigenvalue weighted by Crippen LogP contribution is -2.25. The lowest BCUT2D eigenvalue weighted by molar-refractivity contribution is 0.0952. The number of amides is 1. The molecule has 1 amide bonds. The van der Waals surface area contributed by atoms with Crippen LogP contribution in [-0.4, -0.2) is 22.2 Å². The first kappa shape index (κ1) is 15.1. The fraction of sp³-hybridized carbons (Fsp3) is 0.286. The van der Waals surface area contributed by atoms with Crippen molar-refractivity contribution in [2.45, 2.75) is 19.9 Å². The summed E-state index contributed by atoms with van der Waals surface area (Å²) in [7, 11) is 0. The van der Waals surface area contributed by atoms with Crippen molar-refractivity contribution in [3.63, 3.8) is 0 Å². The Morgan fingerprint density at radius 3 is 2.95 bits per heavy atom. The van der Waals surface area contributed by atoms with Gasteiger partial charge in [0.25, 0.3) is 5.91 Å². The molecule has 0 bridgehead atoms. The SMILES string of the molecule is Cc1nn(CCCNC(=O)c2cccc(Br)c2)cc1Cl. The van der Waals surface area contributed by atoms with Gasteiger partial charge >= 0.3 is 0 Å². The molecule has 0 atom stereocenters. The number of aryl methyl sites for hydroxylation is 2. The van der Waals surface area contributed by atoms with Crippen LogP contribution in [0.4, 0.5) is 0 Å². The second-order valence-electron chi connectivity index (χ2n) is 4.45. The number of rotatable bonds is 5. The van der Waals surface area contributed by atoms with E-state index >= 15 is 0 Å². The smallest absolute Gasteiger partial charge is 0.251 e. The predicted octanol–water partition coefficient (Wildman–Crippen LogP) is 3.43. The quantitative estimate of drug-likeness (QED) is 0.834. The molecule has 0 fully saturated rings. The summed E-state index contributed by atoms with van der Waals surface area (Å²) in [6.45, 7) is 3.20. The minimum Gasteiger partial charge on any atom is -0.352 e. The summed E-state index contributed by atoms with van der Waals surface area (Å²) in [6.07, 6.45) is 2.60. The normalized spacial score (nSPS) is 10.6. The van der Waals surface area contributed by atoms with E-state index in [9.17, 15) is 4.79 Å². The molecule has 6 heteroatoms. The first-order chi connectivity index (χ1) is 9.56. The molecule has 1 heterocycles. The summed E-state index contributed by atoms with van der Waals surface area (Å²) >= 11 is 9.28. The molecule has 0 aliphatic carbocycles. The number of halogens is 2. The summed E-state index contributed by atoms with van der Waals surface area (Å²) in [6, 6.07) is 7.32. The highest BCUT2D eigenvalue weighted by Crippen LogP contribution is 2.12. The minimum atomic E-state index is -0.0685. The van der Waals surface area contributed by atoms with Crippen molar-refractivity contribution in [2.75, 3.05) is 6.54 Å². The van der Waals surface area contributed by atoms with Crippen LogP contribution in [0.2, 0.25) is 5.02 Å². The Kier molecular flexibility index (Phi) is 5.20. The van der Waals surface area contributed by atoms with E-state index in [0.29, 0.717) is 17.1 Å². The standard InChI is InChI=1S/C14H15BrClN3O/c1-10-13(16)9-19(18-10)7-3-6-17-14(20)11-4-2-5-12(15)8-11/h2,4-5,8-9H,3,6-7H2,1H3,(H,17,20). The molecule has 1 aromatic heterocycles. The molecule has 0 radical (unpaired) electrons. The average molecular weight is 357 g/mol. The van der Waals surface area contributed by atoms with Gasteiger partial charge in [-0.15, -0.1) is 0 Å². The molecule has 1 aromatic carbocycles. The van der Waals surface area contributed by atoms with Crippen LogP contribution >= 0.6 is 27.5 Å². The molecule has 0 unspecified atom stereocenters. The number of nitrogens with zero attached hydrogens (tertiary/aromatic N) is 2. The Balaban J connectivity index is 1.77. The van der Waals surface area contributed by atoms with Gasteiger partial charge in [-0.05, 0) is 31.5 Å². The van der Waals surface area contributed by atoms with E-state index in [1.54, 1.807) is 23.0 Å². The summed E-state index contributed by atoms with van der Waals surface area (Å²) in [5, 5.41) is 7.82. The maximum Gasteiger partial charge on any atom is 0.251 e. The van der Waals surface area contributed by atoms with Gasteiger partial charge in [0.1, 0.15) is 0 Å². The molecule has 1 N–H and O–H groups in total. The van der Waals surface area contributed by atoms with Crippen LogP contribution in [0.25, 0.3) is 0 Å². The van der Waals surface area contributed by atoms with Gasteiger partial charge in [0.15, 0.2) is 0 Å². The zero-order chi connectivity index (χ0) is 14.5. The third-order valence-corrected chi connectivity index (χ3v) is 3.69. The molecule has 20 heavy (non-hydrogen) atoms. The highest BCUT2D eigenvalue weighted by atomic mass is 79.9. The van der Waals surface area contributed by atoms with Crippen LogP contribution in [0.5, 0.6) is 0 Å². The number of carbonyl (C=O) groups excluding carboxylic acids is 1. The van der Waals surface area contributed by atoms with Crippen molar-refractivity contribution in [3.8, 4) is 0 Å². The Labute approximate surface area is 131 Å². The lowest BCUT2D eigenvalue weighted by atomic mass is 10.2. The monoisotopic (exact) mass is 355 g/mol. The van der Waals surface area contributed by atoms with E-state index in [2.05, 4.69) is 26.3 Å². The maximum absolute atomic E-state index is 11.9. The fourth-order valence-corrected chi connectivity index (χ4v) is 2.33. The summed E-state index contributed by atoms with van der Waals surface area (Å²) in [5.74, 6) is -0.0685. The molecule has 0 saturated carbocycles. The van der Waals surface area contributed by atoms with Crippen LogP contribution in [0.15, 0.2) is 34.9 Å². The predicted molar refractivity (Wildman–Crippen MR) is 83.1 cm³/mol. The molecule has 2 aromatic rings. The third kappa shape index (κ3) is 4.08. The minimum absolute atomic E-state index is 0.0685. The first-order valence-corrected chi connectivity index (χ1v) is 7.46. The molecular weight excluding hydrogens is 342 g/mol. The number of carbonyl (C=O) groups is 1. The molecule has 0 aliphatic rings. The zero-order valence-electron chi connectivity index (χ0n) is 11.1. The molecular formula is C14H15BrClN3O. The lowest BCUT2D eigenvalue weighted by Gasteiger charge is -2.05. The van der Waals surface area contributed by atoms with Crippen molar-refractivity contribution in [1.82, 2.24) is 15.1 Å². The second kappa shape index (κ2) is 6.90. The van der Waals surface area contributed by atoms with Gasteiger partial charge < -0.3 is 5.32 Å². The van der Waals surface area contributed by atoms with Crippen LogP contribution in [0, 0.1) is 6.92 Å². The maximum atomic E-state index is 11.9. The molecule has 4 nitrogen and oxygen atoms in total. The van der Waals surface area contributed by atoms with Gasteiger partial charge in [0.05, 0.1) is 10.7 Å². The Bertz CT molecular complexity index is 593. The van der Waals surface area contributed by atoms with Crippen molar-refractivity contribution in [2.24, 2.45) is 0 Å². The van der Waals surface area contributed by atoms with Crippen molar-refractivity contribution >= 4 is 33.4 Å². The molecule has 0 saturated heterocycles. The van der Waals surface area contributed by atoms with Crippen molar-refractivity contribution in [1.29, 1.82) is 0 Å². The van der Waals surface area contributed by atoms with Crippen molar-refractivity contribution in [3.05, 3.63) is 51.2 Å². The van der Waals surface area contributed by atoms with Crippen molar-refractivity contribution < 1.29 is 4.79 Å². The summed E-state index contributed by atoms with van der Waals surface area (Å²) in [5.41, 5.74) is 1.47. The van der Waals surface area contributed by atoms with Crippen LogP contribution in [0.3, 0.4) is 0 Å². The molecule has 2 rings (SSSR count). The topological polar surface area (TPSA) is 46.9 Å². The largest absolute Gasteiger partial charge is 0.352 e. The number of hydrogen-bond donors (Lipinski definition) is 1.